The van der Waals surface area contributed by atoms with E-state index in [4.69, 9.17) is 4.74 Å². The Morgan fingerprint density at radius 3 is 1.44 bits per heavy atom. The number of hydrogen-bond donors (Lipinski definition) is 2. The SMILES string of the molecule is CCCCCCCCCOC=O.CCCCCCCCN(CCCCCCCOC(=O)C(CCCCCC)CCCCCCC)CCCNc1c(NC)c(=O)c1=O. The highest BCUT2D eigenvalue weighted by Gasteiger charge is 2.20. The van der Waals surface area contributed by atoms with Gasteiger partial charge in [0, 0.05) is 13.6 Å². The van der Waals surface area contributed by atoms with Crippen LogP contribution in [0.4, 0.5) is 11.4 Å². The Morgan fingerprint density at radius 1 is 0.544 bits per heavy atom. The van der Waals surface area contributed by atoms with Crippen LogP contribution in [0.25, 0.3) is 0 Å². The van der Waals surface area contributed by atoms with Gasteiger partial charge in [-0.25, -0.2) is 0 Å². The van der Waals surface area contributed by atoms with Crippen LogP contribution in [0.3, 0.4) is 0 Å². The van der Waals surface area contributed by atoms with Crippen LogP contribution in [0.5, 0.6) is 0 Å². The number of carbonyl (C=O) groups is 2. The molecule has 2 N–H and O–H groups in total. The zero-order valence-corrected chi connectivity index (χ0v) is 38.0. The van der Waals surface area contributed by atoms with Gasteiger partial charge >= 0.3 is 5.97 Å². The van der Waals surface area contributed by atoms with Crippen molar-refractivity contribution in [1.82, 2.24) is 4.90 Å². The van der Waals surface area contributed by atoms with Gasteiger partial charge in [-0.3, -0.25) is 19.2 Å². The van der Waals surface area contributed by atoms with E-state index in [9.17, 15) is 19.2 Å². The van der Waals surface area contributed by atoms with Crippen LogP contribution in [0.2, 0.25) is 0 Å². The summed E-state index contributed by atoms with van der Waals surface area (Å²) in [6.07, 6.45) is 36.3. The molecule has 0 aliphatic carbocycles. The number of unbranched alkanes of at least 4 members (excludes halogenated alkanes) is 22. The highest BCUT2D eigenvalue weighted by molar-refractivity contribution is 5.73. The fourth-order valence-corrected chi connectivity index (χ4v) is 7.41. The minimum atomic E-state index is -0.418. The third kappa shape index (κ3) is 31.2. The number of hydrogen-bond acceptors (Lipinski definition) is 9. The molecule has 1 rings (SSSR count). The lowest BCUT2D eigenvalue weighted by molar-refractivity contribution is -0.149. The Labute approximate surface area is 350 Å². The number of esters is 1. The van der Waals surface area contributed by atoms with Gasteiger partial charge < -0.3 is 25.0 Å². The summed E-state index contributed by atoms with van der Waals surface area (Å²) in [6, 6.07) is 0. The van der Waals surface area contributed by atoms with E-state index in [-0.39, 0.29) is 11.9 Å². The molecule has 0 heterocycles. The Bertz CT molecular complexity index is 1100. The van der Waals surface area contributed by atoms with Crippen LogP contribution < -0.4 is 21.5 Å². The fourth-order valence-electron chi connectivity index (χ4n) is 7.41. The van der Waals surface area contributed by atoms with Crippen LogP contribution in [0.1, 0.15) is 220 Å². The molecule has 0 amide bonds. The predicted octanol–water partition coefficient (Wildman–Crippen LogP) is 12.1. The molecule has 9 nitrogen and oxygen atoms in total. The molecule has 0 saturated carbocycles. The predicted molar refractivity (Wildman–Crippen MR) is 244 cm³/mol. The van der Waals surface area contributed by atoms with Gasteiger partial charge in [0.15, 0.2) is 0 Å². The Morgan fingerprint density at radius 2 is 0.947 bits per heavy atom. The monoisotopic (exact) mass is 806 g/mol. The van der Waals surface area contributed by atoms with E-state index in [1.165, 1.54) is 141 Å². The van der Waals surface area contributed by atoms with Crippen LogP contribution in [-0.2, 0) is 19.1 Å². The first-order chi connectivity index (χ1) is 27.9. The fraction of sp³-hybridized carbons (Fsp3) is 0.875. The standard InChI is InChI=1S/C38H71N3O4.C10H20O2/c1-5-8-11-14-17-22-29-41(31-25-28-40-35-34(39-4)36(42)37(35)43)30-23-18-15-19-24-32-45-38(44)33(26-20-13-10-7-3)27-21-16-12-9-6-2;1-2-3-4-5-6-7-8-9-12-10-11/h33,39-40H,5-32H2,1-4H3;10H,2-9H2,1H3. The summed E-state index contributed by atoms with van der Waals surface area (Å²) in [7, 11) is 1.68. The molecule has 0 bridgehead atoms. The van der Waals surface area contributed by atoms with Gasteiger partial charge in [0.05, 0.1) is 19.1 Å². The smallest absolute Gasteiger partial charge is 0.308 e. The maximum Gasteiger partial charge on any atom is 0.308 e. The van der Waals surface area contributed by atoms with Crippen molar-refractivity contribution in [1.29, 1.82) is 0 Å². The van der Waals surface area contributed by atoms with Gasteiger partial charge in [0.1, 0.15) is 11.4 Å². The van der Waals surface area contributed by atoms with Crippen molar-refractivity contribution in [3.05, 3.63) is 20.4 Å². The number of nitrogens with one attached hydrogen (secondary N) is 2. The molecule has 57 heavy (non-hydrogen) atoms. The van der Waals surface area contributed by atoms with E-state index < -0.39 is 10.9 Å². The van der Waals surface area contributed by atoms with Gasteiger partial charge in [-0.05, 0) is 64.6 Å². The van der Waals surface area contributed by atoms with Crippen molar-refractivity contribution in [2.24, 2.45) is 5.92 Å². The molecule has 1 aromatic carbocycles. The molecular weight excluding hydrogens is 715 g/mol. The van der Waals surface area contributed by atoms with E-state index in [2.05, 4.69) is 48.0 Å². The van der Waals surface area contributed by atoms with Crippen LogP contribution >= 0.6 is 0 Å². The van der Waals surface area contributed by atoms with Gasteiger partial charge in [-0.1, -0.05) is 175 Å². The second kappa shape index (κ2) is 41.7. The summed E-state index contributed by atoms with van der Waals surface area (Å²) in [4.78, 5) is 48.6. The van der Waals surface area contributed by atoms with Crippen molar-refractivity contribution in [2.75, 3.05) is 57.1 Å². The van der Waals surface area contributed by atoms with Crippen molar-refractivity contribution >= 4 is 23.8 Å². The maximum absolute atomic E-state index is 12.9. The Balaban J connectivity index is 0.00000224. The third-order valence-corrected chi connectivity index (χ3v) is 11.1. The Hall–Kier alpha value is -2.42. The molecule has 0 aliphatic rings. The molecule has 1 unspecified atom stereocenters. The minimum Gasteiger partial charge on any atom is -0.468 e. The average molecular weight is 806 g/mol. The van der Waals surface area contributed by atoms with E-state index in [1.807, 2.05) is 0 Å². The van der Waals surface area contributed by atoms with E-state index in [0.717, 1.165) is 71.0 Å². The molecule has 9 heteroatoms. The van der Waals surface area contributed by atoms with Gasteiger partial charge in [-0.15, -0.1) is 0 Å². The molecule has 0 radical (unpaired) electrons. The zero-order chi connectivity index (χ0) is 42.0. The number of ether oxygens (including phenoxy) is 2. The lowest BCUT2D eigenvalue weighted by Gasteiger charge is -2.23. The lowest BCUT2D eigenvalue weighted by atomic mass is 9.94. The first-order valence-electron chi connectivity index (χ1n) is 24.1. The summed E-state index contributed by atoms with van der Waals surface area (Å²) in [5, 5.41) is 6.00. The normalized spacial score (nSPS) is 11.7. The molecule has 0 spiro atoms. The highest BCUT2D eigenvalue weighted by Crippen LogP contribution is 2.21. The largest absolute Gasteiger partial charge is 0.468 e. The summed E-state index contributed by atoms with van der Waals surface area (Å²) in [5.41, 5.74) is 0.0374. The van der Waals surface area contributed by atoms with Crippen molar-refractivity contribution < 1.29 is 19.1 Å². The summed E-state index contributed by atoms with van der Waals surface area (Å²) < 4.78 is 10.4. The van der Waals surface area contributed by atoms with Crippen LogP contribution in [0.15, 0.2) is 9.59 Å². The number of rotatable bonds is 42. The van der Waals surface area contributed by atoms with E-state index in [0.29, 0.717) is 37.6 Å². The molecule has 1 aromatic rings. The number of anilines is 2. The number of carbonyl (C=O) groups excluding carboxylic acids is 2. The quantitative estimate of drug-likeness (QED) is 0.0288. The highest BCUT2D eigenvalue weighted by atomic mass is 16.5. The summed E-state index contributed by atoms with van der Waals surface area (Å²) in [6.45, 7) is 14.6. The first kappa shape index (κ1) is 54.6. The zero-order valence-electron chi connectivity index (χ0n) is 38.0. The molecule has 334 valence electrons. The lowest BCUT2D eigenvalue weighted by Crippen LogP contribution is -2.37. The second-order valence-corrected chi connectivity index (χ2v) is 16.3. The molecule has 1 atom stereocenters. The molecule has 0 saturated heterocycles. The second-order valence-electron chi connectivity index (χ2n) is 16.3. The number of nitrogens with zero attached hydrogens (tertiary/aromatic N) is 1. The van der Waals surface area contributed by atoms with E-state index in [1.54, 1.807) is 7.05 Å². The molecule has 0 aromatic heterocycles. The third-order valence-electron chi connectivity index (χ3n) is 11.1. The summed E-state index contributed by atoms with van der Waals surface area (Å²) >= 11 is 0. The topological polar surface area (TPSA) is 114 Å². The first-order valence-corrected chi connectivity index (χ1v) is 24.1. The van der Waals surface area contributed by atoms with Crippen molar-refractivity contribution in [3.63, 3.8) is 0 Å². The van der Waals surface area contributed by atoms with Crippen LogP contribution in [-0.4, -0.2) is 63.8 Å². The van der Waals surface area contributed by atoms with Crippen molar-refractivity contribution in [2.45, 2.75) is 220 Å². The minimum absolute atomic E-state index is 0.0496. The van der Waals surface area contributed by atoms with Crippen molar-refractivity contribution in [3.8, 4) is 0 Å². The molecule has 0 aliphatic heterocycles. The summed E-state index contributed by atoms with van der Waals surface area (Å²) in [5.74, 6) is 0.142. The van der Waals surface area contributed by atoms with Gasteiger partial charge in [-0.2, -0.15) is 0 Å². The van der Waals surface area contributed by atoms with E-state index >= 15 is 0 Å². The average Bonchev–Trinajstić information content (AvgIpc) is 3.22. The Kier molecular flexibility index (Phi) is 40.0. The molecule has 0 fully saturated rings. The molecular formula is C48H91N3O6. The van der Waals surface area contributed by atoms with Crippen LogP contribution in [0, 0.1) is 5.92 Å². The maximum atomic E-state index is 12.9. The van der Waals surface area contributed by atoms with Gasteiger partial charge in [0.25, 0.3) is 17.3 Å². The van der Waals surface area contributed by atoms with Gasteiger partial charge in [0.2, 0.25) is 0 Å².